The number of carbonyl (C=O) groups excluding carboxylic acids is 1. The van der Waals surface area contributed by atoms with Gasteiger partial charge in [-0.05, 0) is 55.0 Å². The molecule has 1 saturated heterocycles. The number of nitrogens with one attached hydrogen (secondary N) is 2. The zero-order chi connectivity index (χ0) is 18.6. The largest absolute Gasteiger partial charge is 0.371 e. The molecule has 1 amide bonds. The minimum Gasteiger partial charge on any atom is -0.371 e. The van der Waals surface area contributed by atoms with Crippen molar-refractivity contribution in [2.24, 2.45) is 0 Å². The summed E-state index contributed by atoms with van der Waals surface area (Å²) in [5.74, 6) is -0.684. The third-order valence-electron chi connectivity index (χ3n) is 4.75. The Balaban J connectivity index is 1.47. The number of anilines is 1. The molecule has 1 aliphatic heterocycles. The van der Waals surface area contributed by atoms with Gasteiger partial charge in [-0.25, -0.2) is 4.39 Å². The number of nitrogens with zero attached hydrogens (tertiary/aromatic N) is 2. The summed E-state index contributed by atoms with van der Waals surface area (Å²) in [5, 5.41) is 12.1. The van der Waals surface area contributed by atoms with Crippen LogP contribution in [0.4, 0.5) is 10.1 Å². The van der Waals surface area contributed by atoms with Gasteiger partial charge in [0.15, 0.2) is 0 Å². The topological polar surface area (TPSA) is 61.0 Å². The fourth-order valence-corrected chi connectivity index (χ4v) is 4.07. The molecule has 1 aliphatic rings. The lowest BCUT2D eigenvalue weighted by Gasteiger charge is -2.30. The van der Waals surface area contributed by atoms with E-state index in [1.165, 1.54) is 18.6 Å². The lowest BCUT2D eigenvalue weighted by atomic mass is 10.1. The van der Waals surface area contributed by atoms with E-state index in [4.69, 9.17) is 0 Å². The van der Waals surface area contributed by atoms with Crippen molar-refractivity contribution in [3.05, 3.63) is 58.9 Å². The number of carbonyl (C=O) groups is 1. The van der Waals surface area contributed by atoms with Crippen molar-refractivity contribution in [3.8, 4) is 10.6 Å². The van der Waals surface area contributed by atoms with E-state index in [1.807, 2.05) is 23.6 Å². The Kier molecular flexibility index (Phi) is 5.20. The number of thiophene rings is 1. The van der Waals surface area contributed by atoms with Crippen LogP contribution < -0.4 is 10.2 Å². The first-order chi connectivity index (χ1) is 13.2. The Labute approximate surface area is 161 Å². The summed E-state index contributed by atoms with van der Waals surface area (Å²) >= 11 is 1.62. The normalized spacial score (nSPS) is 14.3. The molecule has 0 spiro atoms. The van der Waals surface area contributed by atoms with Gasteiger partial charge in [-0.1, -0.05) is 6.07 Å². The molecule has 5 nitrogen and oxygen atoms in total. The van der Waals surface area contributed by atoms with Crippen LogP contribution in [-0.2, 0) is 6.54 Å². The number of halogens is 1. The molecule has 1 aromatic carbocycles. The third kappa shape index (κ3) is 4.03. The summed E-state index contributed by atoms with van der Waals surface area (Å²) in [7, 11) is 0. The van der Waals surface area contributed by atoms with Crippen LogP contribution in [-0.4, -0.2) is 29.2 Å². The van der Waals surface area contributed by atoms with Gasteiger partial charge in [0.2, 0.25) is 0 Å². The van der Waals surface area contributed by atoms with E-state index in [2.05, 4.69) is 20.4 Å². The summed E-state index contributed by atoms with van der Waals surface area (Å²) in [4.78, 5) is 16.0. The molecule has 140 valence electrons. The van der Waals surface area contributed by atoms with Crippen LogP contribution in [0.25, 0.3) is 10.6 Å². The van der Waals surface area contributed by atoms with Crippen molar-refractivity contribution in [2.75, 3.05) is 18.0 Å². The van der Waals surface area contributed by atoms with Crippen LogP contribution in [0.1, 0.15) is 35.3 Å². The standard InChI is InChI=1S/C20H21FN4OS/c21-14-6-7-18(25-8-2-1-3-9-25)16(11-14)20(26)22-13-15-12-17(24-23-15)19-5-4-10-27-19/h4-7,10-12H,1-3,8-9,13H2,(H,22,26)(H,23,24). The molecule has 3 aromatic rings. The molecule has 0 aliphatic carbocycles. The van der Waals surface area contributed by atoms with Gasteiger partial charge >= 0.3 is 0 Å². The molecular formula is C20H21FN4OS. The van der Waals surface area contributed by atoms with Gasteiger partial charge in [0.1, 0.15) is 5.82 Å². The van der Waals surface area contributed by atoms with Gasteiger partial charge in [0, 0.05) is 18.8 Å². The van der Waals surface area contributed by atoms with E-state index in [9.17, 15) is 9.18 Å². The number of amides is 1. The van der Waals surface area contributed by atoms with Crippen molar-refractivity contribution in [3.63, 3.8) is 0 Å². The van der Waals surface area contributed by atoms with E-state index >= 15 is 0 Å². The highest BCUT2D eigenvalue weighted by molar-refractivity contribution is 7.13. The fraction of sp³-hybridized carbons (Fsp3) is 0.300. The van der Waals surface area contributed by atoms with Gasteiger partial charge in [-0.3, -0.25) is 9.89 Å². The second-order valence-electron chi connectivity index (χ2n) is 6.64. The summed E-state index contributed by atoms with van der Waals surface area (Å²) in [6.45, 7) is 2.08. The van der Waals surface area contributed by atoms with Gasteiger partial charge in [-0.15, -0.1) is 11.3 Å². The first kappa shape index (κ1) is 17.7. The molecule has 4 rings (SSSR count). The van der Waals surface area contributed by atoms with Crippen LogP contribution in [0.2, 0.25) is 0 Å². The van der Waals surface area contributed by atoms with Crippen molar-refractivity contribution in [1.29, 1.82) is 0 Å². The Morgan fingerprint density at radius 1 is 1.22 bits per heavy atom. The minimum absolute atomic E-state index is 0.282. The van der Waals surface area contributed by atoms with Gasteiger partial charge in [-0.2, -0.15) is 5.10 Å². The predicted molar refractivity (Wildman–Crippen MR) is 106 cm³/mol. The number of piperidine rings is 1. The summed E-state index contributed by atoms with van der Waals surface area (Å²) in [6.07, 6.45) is 3.39. The first-order valence-electron chi connectivity index (χ1n) is 9.11. The van der Waals surface area contributed by atoms with Gasteiger partial charge in [0.05, 0.1) is 28.4 Å². The molecule has 0 saturated carbocycles. The van der Waals surface area contributed by atoms with E-state index < -0.39 is 5.82 Å². The van der Waals surface area contributed by atoms with Gasteiger partial charge < -0.3 is 10.2 Å². The van der Waals surface area contributed by atoms with Crippen LogP contribution in [0, 0.1) is 5.82 Å². The molecule has 0 unspecified atom stereocenters. The number of hydrogen-bond donors (Lipinski definition) is 2. The van der Waals surface area contributed by atoms with E-state index in [0.29, 0.717) is 5.56 Å². The average molecular weight is 384 g/mol. The quantitative estimate of drug-likeness (QED) is 0.693. The Morgan fingerprint density at radius 3 is 2.85 bits per heavy atom. The van der Waals surface area contributed by atoms with Crippen molar-refractivity contribution < 1.29 is 9.18 Å². The maximum Gasteiger partial charge on any atom is 0.253 e. The van der Waals surface area contributed by atoms with E-state index in [1.54, 1.807) is 17.4 Å². The average Bonchev–Trinajstić information content (AvgIpc) is 3.38. The summed E-state index contributed by atoms with van der Waals surface area (Å²) < 4.78 is 13.8. The fourth-order valence-electron chi connectivity index (χ4n) is 3.38. The number of benzene rings is 1. The Hall–Kier alpha value is -2.67. The monoisotopic (exact) mass is 384 g/mol. The van der Waals surface area contributed by atoms with Crippen molar-refractivity contribution in [2.45, 2.75) is 25.8 Å². The molecule has 0 bridgehead atoms. The Morgan fingerprint density at radius 2 is 2.07 bits per heavy atom. The number of aromatic nitrogens is 2. The molecule has 27 heavy (non-hydrogen) atoms. The molecule has 1 fully saturated rings. The number of hydrogen-bond acceptors (Lipinski definition) is 4. The van der Waals surface area contributed by atoms with Crippen LogP contribution in [0.3, 0.4) is 0 Å². The van der Waals surface area contributed by atoms with Crippen LogP contribution >= 0.6 is 11.3 Å². The van der Waals surface area contributed by atoms with Crippen LogP contribution in [0.5, 0.6) is 0 Å². The predicted octanol–water partition coefficient (Wildman–Crippen LogP) is 4.20. The second kappa shape index (κ2) is 7.92. The highest BCUT2D eigenvalue weighted by Crippen LogP contribution is 2.26. The molecule has 2 aromatic heterocycles. The van der Waals surface area contributed by atoms with Gasteiger partial charge in [0.25, 0.3) is 5.91 Å². The first-order valence-corrected chi connectivity index (χ1v) is 9.99. The maximum absolute atomic E-state index is 13.8. The Bertz CT molecular complexity index is 916. The molecule has 0 atom stereocenters. The second-order valence-corrected chi connectivity index (χ2v) is 7.59. The summed E-state index contributed by atoms with van der Waals surface area (Å²) in [5.41, 5.74) is 2.84. The van der Waals surface area contributed by atoms with Crippen LogP contribution in [0.15, 0.2) is 41.8 Å². The number of aromatic amines is 1. The minimum atomic E-state index is -0.402. The van der Waals surface area contributed by atoms with E-state index in [-0.39, 0.29) is 12.5 Å². The SMILES string of the molecule is O=C(NCc1cc(-c2cccs2)[nH]n1)c1cc(F)ccc1N1CCCCC1. The maximum atomic E-state index is 13.8. The smallest absolute Gasteiger partial charge is 0.253 e. The lowest BCUT2D eigenvalue weighted by molar-refractivity contribution is 0.0950. The highest BCUT2D eigenvalue weighted by Gasteiger charge is 2.19. The zero-order valence-corrected chi connectivity index (χ0v) is 15.7. The molecule has 0 radical (unpaired) electrons. The highest BCUT2D eigenvalue weighted by atomic mass is 32.1. The number of rotatable bonds is 5. The molecule has 3 heterocycles. The van der Waals surface area contributed by atoms with Crippen molar-refractivity contribution >= 4 is 22.9 Å². The number of H-pyrrole nitrogens is 1. The molecule has 2 N–H and O–H groups in total. The van der Waals surface area contributed by atoms with Crippen molar-refractivity contribution in [1.82, 2.24) is 15.5 Å². The van der Waals surface area contributed by atoms with E-state index in [0.717, 1.165) is 47.9 Å². The zero-order valence-electron chi connectivity index (χ0n) is 14.9. The molecule has 7 heteroatoms. The third-order valence-corrected chi connectivity index (χ3v) is 5.65. The lowest BCUT2D eigenvalue weighted by Crippen LogP contribution is -2.32. The molecular weight excluding hydrogens is 363 g/mol. The summed E-state index contributed by atoms with van der Waals surface area (Å²) in [6, 6.07) is 10.4.